The molecule has 3 N–H and O–H groups in total. The third-order valence-corrected chi connectivity index (χ3v) is 2.45. The van der Waals surface area contributed by atoms with Crippen molar-refractivity contribution in [2.45, 2.75) is 12.2 Å². The predicted octanol–water partition coefficient (Wildman–Crippen LogP) is 0.257. The lowest BCUT2D eigenvalue weighted by molar-refractivity contribution is -0.385. The van der Waals surface area contributed by atoms with Crippen LogP contribution < -0.4 is 5.32 Å². The van der Waals surface area contributed by atoms with Crippen molar-refractivity contribution in [1.82, 2.24) is 10.3 Å². The normalized spacial score (nSPS) is 14.4. The number of aliphatic hydroxyl groups is 2. The Morgan fingerprint density at radius 2 is 2.29 bits per heavy atom. The van der Waals surface area contributed by atoms with E-state index in [0.29, 0.717) is 0 Å². The molecule has 0 saturated carbocycles. The van der Waals surface area contributed by atoms with Gasteiger partial charge in [0.2, 0.25) is 5.15 Å². The van der Waals surface area contributed by atoms with Gasteiger partial charge >= 0.3 is 5.69 Å². The van der Waals surface area contributed by atoms with Crippen molar-refractivity contribution in [3.63, 3.8) is 0 Å². The third-order valence-electron chi connectivity index (χ3n) is 2.16. The van der Waals surface area contributed by atoms with E-state index in [2.05, 4.69) is 10.3 Å². The highest BCUT2D eigenvalue weighted by Crippen LogP contribution is 2.26. The van der Waals surface area contributed by atoms with Crippen LogP contribution in [0.3, 0.4) is 0 Å². The van der Waals surface area contributed by atoms with Crippen LogP contribution in [0.4, 0.5) is 5.69 Å². The maximum atomic E-state index is 10.6. The largest absolute Gasteiger partial charge is 0.389 e. The van der Waals surface area contributed by atoms with E-state index >= 15 is 0 Å². The van der Waals surface area contributed by atoms with Gasteiger partial charge in [-0.1, -0.05) is 11.6 Å². The van der Waals surface area contributed by atoms with Crippen LogP contribution in [0.15, 0.2) is 12.3 Å². The quantitative estimate of drug-likeness (QED) is 0.398. The first-order valence-corrected chi connectivity index (χ1v) is 5.15. The monoisotopic (exact) mass is 261 g/mol. The summed E-state index contributed by atoms with van der Waals surface area (Å²) < 4.78 is 0. The zero-order valence-corrected chi connectivity index (χ0v) is 9.76. The van der Waals surface area contributed by atoms with E-state index in [-0.39, 0.29) is 17.3 Å². The Hall–Kier alpha value is -1.28. The van der Waals surface area contributed by atoms with Gasteiger partial charge in [-0.25, -0.2) is 4.98 Å². The van der Waals surface area contributed by atoms with Gasteiger partial charge in [0.1, 0.15) is 6.10 Å². The summed E-state index contributed by atoms with van der Waals surface area (Å²) in [4.78, 5) is 13.5. The Morgan fingerprint density at radius 3 is 2.82 bits per heavy atom. The van der Waals surface area contributed by atoms with Gasteiger partial charge in [0.05, 0.1) is 11.0 Å². The van der Waals surface area contributed by atoms with Crippen LogP contribution in [0, 0.1) is 10.1 Å². The van der Waals surface area contributed by atoms with Crippen LogP contribution in [0.1, 0.15) is 11.7 Å². The van der Waals surface area contributed by atoms with Gasteiger partial charge in [0, 0.05) is 24.4 Å². The number of pyridine rings is 1. The second-order valence-electron chi connectivity index (χ2n) is 3.41. The van der Waals surface area contributed by atoms with Crippen molar-refractivity contribution in [2.75, 3.05) is 13.6 Å². The second kappa shape index (κ2) is 5.87. The average molecular weight is 262 g/mol. The molecule has 1 aromatic rings. The van der Waals surface area contributed by atoms with Gasteiger partial charge in [-0.2, -0.15) is 0 Å². The molecule has 8 heteroatoms. The van der Waals surface area contributed by atoms with Gasteiger partial charge < -0.3 is 15.5 Å². The number of nitrogens with zero attached hydrogens (tertiary/aromatic N) is 2. The number of likely N-dealkylation sites (N-methyl/N-ethyl adjacent to an activating group) is 1. The Balaban J connectivity index is 2.99. The van der Waals surface area contributed by atoms with Crippen LogP contribution >= 0.6 is 11.6 Å². The molecule has 1 aromatic heterocycles. The summed E-state index contributed by atoms with van der Waals surface area (Å²) in [5.74, 6) is 0. The lowest BCUT2D eigenvalue weighted by Gasteiger charge is -2.17. The van der Waals surface area contributed by atoms with Gasteiger partial charge in [-0.15, -0.1) is 0 Å². The molecule has 1 heterocycles. The molecule has 0 radical (unpaired) electrons. The number of hydrogen-bond donors (Lipinski definition) is 3. The van der Waals surface area contributed by atoms with E-state index in [1.807, 2.05) is 0 Å². The maximum absolute atomic E-state index is 10.6. The minimum absolute atomic E-state index is 0.142. The summed E-state index contributed by atoms with van der Waals surface area (Å²) in [5.41, 5.74) is -0.260. The van der Waals surface area contributed by atoms with E-state index in [1.54, 1.807) is 7.05 Å². The molecule has 0 saturated heterocycles. The van der Waals surface area contributed by atoms with E-state index < -0.39 is 22.8 Å². The minimum atomic E-state index is -1.26. The number of halogens is 1. The van der Waals surface area contributed by atoms with Gasteiger partial charge in [-0.05, 0) is 7.05 Å². The van der Waals surface area contributed by atoms with Crippen LogP contribution in [0.5, 0.6) is 0 Å². The molecule has 17 heavy (non-hydrogen) atoms. The predicted molar refractivity (Wildman–Crippen MR) is 60.8 cm³/mol. The number of aliphatic hydroxyl groups excluding tert-OH is 2. The summed E-state index contributed by atoms with van der Waals surface area (Å²) in [6, 6.07) is 1.10. The van der Waals surface area contributed by atoms with Crippen molar-refractivity contribution in [3.05, 3.63) is 33.1 Å². The molecule has 94 valence electrons. The van der Waals surface area contributed by atoms with E-state index in [1.165, 1.54) is 6.20 Å². The summed E-state index contributed by atoms with van der Waals surface area (Å²) >= 11 is 5.53. The molecular weight excluding hydrogens is 250 g/mol. The fraction of sp³-hybridized carbons (Fsp3) is 0.444. The van der Waals surface area contributed by atoms with Crippen LogP contribution in [0.25, 0.3) is 0 Å². The van der Waals surface area contributed by atoms with Crippen molar-refractivity contribution in [3.8, 4) is 0 Å². The Labute approximate surface area is 102 Å². The highest BCUT2D eigenvalue weighted by Gasteiger charge is 2.22. The molecule has 2 unspecified atom stereocenters. The molecule has 0 aliphatic carbocycles. The lowest BCUT2D eigenvalue weighted by atomic mass is 10.1. The molecular formula is C9H12ClN3O4. The first-order valence-electron chi connectivity index (χ1n) is 4.78. The molecule has 0 bridgehead atoms. The zero-order valence-electron chi connectivity index (χ0n) is 9.00. The van der Waals surface area contributed by atoms with Crippen molar-refractivity contribution in [1.29, 1.82) is 0 Å². The van der Waals surface area contributed by atoms with E-state index in [4.69, 9.17) is 11.6 Å². The highest BCUT2D eigenvalue weighted by atomic mass is 35.5. The maximum Gasteiger partial charge on any atom is 0.306 e. The molecule has 0 aliphatic rings. The number of rotatable bonds is 5. The average Bonchev–Trinajstić information content (AvgIpc) is 2.28. The first kappa shape index (κ1) is 13.8. The molecule has 0 fully saturated rings. The Bertz CT molecular complexity index is 415. The van der Waals surface area contributed by atoms with Crippen molar-refractivity contribution < 1.29 is 15.1 Å². The number of nitro groups is 1. The van der Waals surface area contributed by atoms with E-state index in [9.17, 15) is 20.3 Å². The topological polar surface area (TPSA) is 109 Å². The van der Waals surface area contributed by atoms with Gasteiger partial charge in [-0.3, -0.25) is 10.1 Å². The summed E-state index contributed by atoms with van der Waals surface area (Å²) in [6.45, 7) is 0.150. The van der Waals surface area contributed by atoms with Crippen LogP contribution in [-0.2, 0) is 0 Å². The fourth-order valence-corrected chi connectivity index (χ4v) is 1.46. The van der Waals surface area contributed by atoms with E-state index in [0.717, 1.165) is 6.07 Å². The summed E-state index contributed by atoms with van der Waals surface area (Å²) in [6.07, 6.45) is -1.15. The smallest absolute Gasteiger partial charge is 0.306 e. The Morgan fingerprint density at radius 1 is 1.65 bits per heavy atom. The zero-order chi connectivity index (χ0) is 13.0. The minimum Gasteiger partial charge on any atom is -0.389 e. The molecule has 0 amide bonds. The fourth-order valence-electron chi connectivity index (χ4n) is 1.28. The number of nitrogens with one attached hydrogen (secondary N) is 1. The second-order valence-corrected chi connectivity index (χ2v) is 3.76. The molecule has 7 nitrogen and oxygen atoms in total. The highest BCUT2D eigenvalue weighted by molar-refractivity contribution is 6.31. The number of hydrogen-bond acceptors (Lipinski definition) is 6. The summed E-state index contributed by atoms with van der Waals surface area (Å²) in [7, 11) is 1.61. The lowest BCUT2D eigenvalue weighted by Crippen LogP contribution is -2.29. The van der Waals surface area contributed by atoms with Gasteiger partial charge in [0.25, 0.3) is 0 Å². The van der Waals surface area contributed by atoms with Crippen molar-refractivity contribution in [2.24, 2.45) is 0 Å². The van der Waals surface area contributed by atoms with Crippen LogP contribution in [-0.4, -0.2) is 39.8 Å². The van der Waals surface area contributed by atoms with Crippen molar-refractivity contribution >= 4 is 17.3 Å². The molecule has 0 aromatic carbocycles. The molecule has 0 aliphatic heterocycles. The molecule has 2 atom stereocenters. The summed E-state index contributed by atoms with van der Waals surface area (Å²) in [5, 5.41) is 32.3. The SMILES string of the molecule is CNCC(O)C(O)c1cnc(Cl)c([N+](=O)[O-])c1. The standard InChI is InChI=1S/C9H12ClN3O4/c1-11-4-7(14)8(15)5-2-6(13(16)17)9(10)12-3-5/h2-3,7-8,11,14-15H,4H2,1H3. The molecule has 0 spiro atoms. The Kier molecular flexibility index (Phi) is 4.76. The molecule has 1 rings (SSSR count). The van der Waals surface area contributed by atoms with Gasteiger partial charge in [0.15, 0.2) is 0 Å². The first-order chi connectivity index (χ1) is 7.97. The van der Waals surface area contributed by atoms with Crippen LogP contribution in [0.2, 0.25) is 5.15 Å². The third kappa shape index (κ3) is 3.34. The number of aromatic nitrogens is 1.